The summed E-state index contributed by atoms with van der Waals surface area (Å²) >= 11 is 5.51. The summed E-state index contributed by atoms with van der Waals surface area (Å²) in [5.41, 5.74) is 0.331. The molecule has 18 heavy (non-hydrogen) atoms. The highest BCUT2D eigenvalue weighted by Gasteiger charge is 2.20. The van der Waals surface area contributed by atoms with E-state index in [1.54, 1.807) is 30.3 Å². The molecule has 1 aliphatic rings. The SMILES string of the molecule is O=C1C=C(NC(=O)c2ccccc2)C(=O)C=C1Cl. The average Bonchev–Trinajstić information content (AvgIpc) is 2.37. The van der Waals surface area contributed by atoms with Crippen molar-refractivity contribution in [1.29, 1.82) is 0 Å². The lowest BCUT2D eigenvalue weighted by molar-refractivity contribution is -0.115. The van der Waals surface area contributed by atoms with Gasteiger partial charge in [0, 0.05) is 17.7 Å². The van der Waals surface area contributed by atoms with Crippen LogP contribution >= 0.6 is 11.6 Å². The molecule has 1 aliphatic carbocycles. The molecule has 90 valence electrons. The molecule has 1 aromatic carbocycles. The molecule has 0 bridgehead atoms. The van der Waals surface area contributed by atoms with Gasteiger partial charge in [-0.05, 0) is 12.1 Å². The summed E-state index contributed by atoms with van der Waals surface area (Å²) in [5.74, 6) is -1.45. The molecule has 0 saturated carbocycles. The van der Waals surface area contributed by atoms with Crippen molar-refractivity contribution in [3.63, 3.8) is 0 Å². The Labute approximate surface area is 108 Å². The number of carbonyl (C=O) groups excluding carboxylic acids is 3. The second kappa shape index (κ2) is 4.98. The van der Waals surface area contributed by atoms with Crippen molar-refractivity contribution < 1.29 is 14.4 Å². The minimum absolute atomic E-state index is 0.0711. The van der Waals surface area contributed by atoms with Gasteiger partial charge < -0.3 is 5.32 Å². The third-order valence-electron chi connectivity index (χ3n) is 2.32. The number of carbonyl (C=O) groups is 3. The number of amides is 1. The highest BCUT2D eigenvalue weighted by molar-refractivity contribution is 6.47. The van der Waals surface area contributed by atoms with Crippen molar-refractivity contribution in [2.45, 2.75) is 0 Å². The summed E-state index contributed by atoms with van der Waals surface area (Å²) in [7, 11) is 0. The number of halogens is 1. The lowest BCUT2D eigenvalue weighted by Crippen LogP contribution is -2.29. The molecule has 4 nitrogen and oxygen atoms in total. The van der Waals surface area contributed by atoms with Crippen LogP contribution in [0, 0.1) is 0 Å². The first-order valence-corrected chi connectivity index (χ1v) is 5.49. The maximum atomic E-state index is 11.8. The highest BCUT2D eigenvalue weighted by Crippen LogP contribution is 2.13. The molecular weight excluding hydrogens is 254 g/mol. The Morgan fingerprint density at radius 2 is 1.67 bits per heavy atom. The van der Waals surface area contributed by atoms with Crippen LogP contribution in [0.4, 0.5) is 0 Å². The third-order valence-corrected chi connectivity index (χ3v) is 2.61. The number of hydrogen-bond acceptors (Lipinski definition) is 3. The molecule has 5 heteroatoms. The maximum Gasteiger partial charge on any atom is 0.255 e. The first-order valence-electron chi connectivity index (χ1n) is 5.12. The molecule has 0 aliphatic heterocycles. The fraction of sp³-hybridized carbons (Fsp3) is 0. The molecule has 1 aromatic rings. The van der Waals surface area contributed by atoms with Crippen molar-refractivity contribution in [2.75, 3.05) is 0 Å². The van der Waals surface area contributed by atoms with Crippen LogP contribution in [0.2, 0.25) is 0 Å². The number of nitrogens with one attached hydrogen (secondary N) is 1. The lowest BCUT2D eigenvalue weighted by Gasteiger charge is -2.10. The fourth-order valence-electron chi connectivity index (χ4n) is 1.42. The Bertz CT molecular complexity index is 588. The monoisotopic (exact) mass is 261 g/mol. The molecular formula is C13H8ClNO3. The molecule has 0 saturated heterocycles. The minimum Gasteiger partial charge on any atom is -0.319 e. The number of hydrogen-bond donors (Lipinski definition) is 1. The second-order valence-corrected chi connectivity index (χ2v) is 4.01. The van der Waals surface area contributed by atoms with E-state index < -0.39 is 17.5 Å². The van der Waals surface area contributed by atoms with Crippen molar-refractivity contribution in [3.05, 3.63) is 58.8 Å². The highest BCUT2D eigenvalue weighted by atomic mass is 35.5. The number of rotatable bonds is 2. The molecule has 0 unspecified atom stereocenters. The quantitative estimate of drug-likeness (QED) is 0.822. The minimum atomic E-state index is -0.500. The molecule has 2 rings (SSSR count). The molecule has 0 fully saturated rings. The first-order chi connectivity index (χ1) is 8.58. The van der Waals surface area contributed by atoms with E-state index in [9.17, 15) is 14.4 Å². The van der Waals surface area contributed by atoms with Crippen molar-refractivity contribution in [3.8, 4) is 0 Å². The largest absolute Gasteiger partial charge is 0.319 e. The smallest absolute Gasteiger partial charge is 0.255 e. The molecule has 0 radical (unpaired) electrons. The van der Waals surface area contributed by atoms with Crippen LogP contribution in [0.1, 0.15) is 10.4 Å². The maximum absolute atomic E-state index is 11.8. The van der Waals surface area contributed by atoms with Crippen molar-refractivity contribution in [2.24, 2.45) is 0 Å². The van der Waals surface area contributed by atoms with Gasteiger partial charge in [-0.1, -0.05) is 29.8 Å². The van der Waals surface area contributed by atoms with Gasteiger partial charge in [0.1, 0.15) is 0 Å². The predicted molar refractivity (Wildman–Crippen MR) is 65.9 cm³/mol. The summed E-state index contributed by atoms with van der Waals surface area (Å²) < 4.78 is 0. The normalized spacial score (nSPS) is 14.9. The number of allylic oxidation sites excluding steroid dienone is 3. The fourth-order valence-corrected chi connectivity index (χ4v) is 1.57. The Kier molecular flexibility index (Phi) is 3.39. The Hall–Kier alpha value is -2.20. The van der Waals surface area contributed by atoms with E-state index in [2.05, 4.69) is 5.32 Å². The van der Waals surface area contributed by atoms with Crippen LogP contribution in [0.25, 0.3) is 0 Å². The van der Waals surface area contributed by atoms with Gasteiger partial charge in [0.05, 0.1) is 10.7 Å². The number of ketones is 2. The van der Waals surface area contributed by atoms with Gasteiger partial charge in [-0.2, -0.15) is 0 Å². The zero-order chi connectivity index (χ0) is 13.1. The van der Waals surface area contributed by atoms with E-state index in [1.807, 2.05) is 0 Å². The van der Waals surface area contributed by atoms with E-state index in [4.69, 9.17) is 11.6 Å². The lowest BCUT2D eigenvalue weighted by atomic mass is 10.1. The zero-order valence-electron chi connectivity index (χ0n) is 9.14. The van der Waals surface area contributed by atoms with Gasteiger partial charge in [0.2, 0.25) is 5.78 Å². The van der Waals surface area contributed by atoms with Crippen molar-refractivity contribution >= 4 is 29.1 Å². The van der Waals surface area contributed by atoms with Gasteiger partial charge in [0.25, 0.3) is 5.91 Å². The topological polar surface area (TPSA) is 63.2 Å². The van der Waals surface area contributed by atoms with Crippen LogP contribution in [0.3, 0.4) is 0 Å². The van der Waals surface area contributed by atoms with Crippen LogP contribution in [0.15, 0.2) is 53.2 Å². The molecule has 0 heterocycles. The summed E-state index contributed by atoms with van der Waals surface area (Å²) in [6, 6.07) is 8.39. The molecule has 1 N–H and O–H groups in total. The van der Waals surface area contributed by atoms with E-state index >= 15 is 0 Å². The predicted octanol–water partition coefficient (Wildman–Crippen LogP) is 1.57. The first kappa shape index (κ1) is 12.3. The van der Waals surface area contributed by atoms with Gasteiger partial charge in [0.15, 0.2) is 5.78 Å². The van der Waals surface area contributed by atoms with Gasteiger partial charge in [-0.25, -0.2) is 0 Å². The summed E-state index contributed by atoms with van der Waals surface area (Å²) in [6.07, 6.45) is 2.01. The molecule has 0 spiro atoms. The van der Waals surface area contributed by atoms with E-state index in [1.165, 1.54) is 0 Å². The van der Waals surface area contributed by atoms with Crippen LogP contribution in [-0.4, -0.2) is 17.5 Å². The van der Waals surface area contributed by atoms with Crippen LogP contribution < -0.4 is 5.32 Å². The zero-order valence-corrected chi connectivity index (χ0v) is 9.90. The van der Waals surface area contributed by atoms with Gasteiger partial charge in [-0.3, -0.25) is 14.4 Å². The second-order valence-electron chi connectivity index (χ2n) is 3.60. The summed E-state index contributed by atoms with van der Waals surface area (Å²) in [5, 5.41) is 2.23. The van der Waals surface area contributed by atoms with Gasteiger partial charge >= 0.3 is 0 Å². The Morgan fingerprint density at radius 1 is 1.00 bits per heavy atom. The van der Waals surface area contributed by atoms with E-state index in [0.29, 0.717) is 5.56 Å². The van der Waals surface area contributed by atoms with Crippen LogP contribution in [-0.2, 0) is 9.59 Å². The molecule has 0 atom stereocenters. The van der Waals surface area contributed by atoms with Crippen molar-refractivity contribution in [1.82, 2.24) is 5.32 Å². The average molecular weight is 262 g/mol. The Balaban J connectivity index is 2.16. The van der Waals surface area contributed by atoms with E-state index in [0.717, 1.165) is 12.2 Å². The number of benzene rings is 1. The Morgan fingerprint density at radius 3 is 2.33 bits per heavy atom. The summed E-state index contributed by atoms with van der Waals surface area (Å²) in [6.45, 7) is 0. The molecule has 0 aromatic heterocycles. The summed E-state index contributed by atoms with van der Waals surface area (Å²) in [4.78, 5) is 34.6. The van der Waals surface area contributed by atoms with Gasteiger partial charge in [-0.15, -0.1) is 0 Å². The standard InChI is InChI=1S/C13H8ClNO3/c14-9-6-12(17)10(7-11(9)16)15-13(18)8-4-2-1-3-5-8/h1-7H,(H,15,18). The third kappa shape index (κ3) is 2.55. The van der Waals surface area contributed by atoms with Crippen LogP contribution in [0.5, 0.6) is 0 Å². The molecule has 1 amide bonds. The van der Waals surface area contributed by atoms with E-state index in [-0.39, 0.29) is 10.7 Å².